The van der Waals surface area contributed by atoms with Crippen LogP contribution in [0.25, 0.3) is 11.3 Å². The number of nitrogens with zero attached hydrogens (tertiary/aromatic N) is 1. The Labute approximate surface area is 146 Å². The highest BCUT2D eigenvalue weighted by atomic mass is 35.5. The Morgan fingerprint density at radius 2 is 1.96 bits per heavy atom. The lowest BCUT2D eigenvalue weighted by Gasteiger charge is -2.18. The van der Waals surface area contributed by atoms with Crippen molar-refractivity contribution in [3.63, 3.8) is 0 Å². The first-order valence-corrected chi connectivity index (χ1v) is 8.33. The maximum Gasteiger partial charge on any atom is 0.123 e. The van der Waals surface area contributed by atoms with Gasteiger partial charge in [0.1, 0.15) is 5.75 Å². The second kappa shape index (κ2) is 7.51. The van der Waals surface area contributed by atoms with Crippen LogP contribution in [0.4, 0.5) is 0 Å². The third-order valence-electron chi connectivity index (χ3n) is 3.93. The van der Waals surface area contributed by atoms with Gasteiger partial charge in [0.15, 0.2) is 0 Å². The molecule has 124 valence electrons. The minimum Gasteiger partial charge on any atom is -0.494 e. The molecule has 1 atom stereocenters. The van der Waals surface area contributed by atoms with Crippen molar-refractivity contribution in [1.29, 1.82) is 0 Å². The maximum absolute atomic E-state index is 6.18. The Morgan fingerprint density at radius 1 is 1.17 bits per heavy atom. The predicted molar refractivity (Wildman–Crippen MR) is 97.5 cm³/mol. The first-order chi connectivity index (χ1) is 11.7. The monoisotopic (exact) mass is 341 g/mol. The molecule has 3 N–H and O–H groups in total. The second-order valence-corrected chi connectivity index (χ2v) is 5.91. The largest absolute Gasteiger partial charge is 0.494 e. The molecule has 0 fully saturated rings. The van der Waals surface area contributed by atoms with Gasteiger partial charge in [-0.1, -0.05) is 41.9 Å². The highest BCUT2D eigenvalue weighted by molar-refractivity contribution is 6.30. The van der Waals surface area contributed by atoms with E-state index in [-0.39, 0.29) is 5.92 Å². The summed E-state index contributed by atoms with van der Waals surface area (Å²) in [5.41, 5.74) is 9.92. The molecule has 3 rings (SSSR count). The van der Waals surface area contributed by atoms with Gasteiger partial charge >= 0.3 is 0 Å². The SMILES string of the molecule is CCOc1ccc(Cl)cc1C(CN)c1cc(-c2ccccc2)n[nH]1. The van der Waals surface area contributed by atoms with Crippen LogP contribution >= 0.6 is 11.6 Å². The minimum absolute atomic E-state index is 0.0600. The fraction of sp³-hybridized carbons (Fsp3) is 0.211. The van der Waals surface area contributed by atoms with Crippen molar-refractivity contribution in [3.8, 4) is 17.0 Å². The van der Waals surface area contributed by atoms with E-state index in [1.165, 1.54) is 0 Å². The van der Waals surface area contributed by atoms with Crippen LogP contribution in [0.5, 0.6) is 5.75 Å². The Hall–Kier alpha value is -2.30. The van der Waals surface area contributed by atoms with Gasteiger partial charge in [0.2, 0.25) is 0 Å². The highest BCUT2D eigenvalue weighted by Gasteiger charge is 2.20. The molecule has 4 nitrogen and oxygen atoms in total. The topological polar surface area (TPSA) is 63.9 Å². The van der Waals surface area contributed by atoms with Gasteiger partial charge in [0, 0.05) is 34.3 Å². The lowest BCUT2D eigenvalue weighted by Crippen LogP contribution is -2.15. The van der Waals surface area contributed by atoms with E-state index in [0.717, 1.165) is 28.3 Å². The molecular formula is C19H20ClN3O. The average molecular weight is 342 g/mol. The number of rotatable bonds is 6. The lowest BCUT2D eigenvalue weighted by molar-refractivity contribution is 0.335. The molecule has 2 aromatic carbocycles. The van der Waals surface area contributed by atoms with Gasteiger partial charge in [-0.2, -0.15) is 5.10 Å². The maximum atomic E-state index is 6.18. The molecule has 1 aromatic heterocycles. The standard InChI is InChI=1S/C19H20ClN3O/c1-2-24-19-9-8-14(20)10-15(19)16(12-21)18-11-17(22-23-18)13-6-4-3-5-7-13/h3-11,16H,2,12,21H2,1H3,(H,22,23). The summed E-state index contributed by atoms with van der Waals surface area (Å²) in [6.07, 6.45) is 0. The number of nitrogens with two attached hydrogens (primary N) is 1. The summed E-state index contributed by atoms with van der Waals surface area (Å²) in [6, 6.07) is 17.7. The van der Waals surface area contributed by atoms with E-state index in [2.05, 4.69) is 10.2 Å². The minimum atomic E-state index is -0.0600. The third kappa shape index (κ3) is 3.45. The molecular weight excluding hydrogens is 322 g/mol. The second-order valence-electron chi connectivity index (χ2n) is 5.48. The van der Waals surface area contributed by atoms with E-state index in [1.807, 2.05) is 61.5 Å². The highest BCUT2D eigenvalue weighted by Crippen LogP contribution is 2.34. The summed E-state index contributed by atoms with van der Waals surface area (Å²) in [7, 11) is 0. The quantitative estimate of drug-likeness (QED) is 0.705. The van der Waals surface area contributed by atoms with Crippen LogP contribution in [0.2, 0.25) is 5.02 Å². The predicted octanol–water partition coefficient (Wildman–Crippen LogP) is 4.22. The van der Waals surface area contributed by atoms with Crippen LogP contribution in [0, 0.1) is 0 Å². The molecule has 0 aliphatic carbocycles. The first-order valence-electron chi connectivity index (χ1n) is 7.96. The molecule has 3 aromatic rings. The number of H-pyrrole nitrogens is 1. The van der Waals surface area contributed by atoms with E-state index in [4.69, 9.17) is 22.1 Å². The molecule has 1 unspecified atom stereocenters. The Balaban J connectivity index is 1.98. The fourth-order valence-electron chi connectivity index (χ4n) is 2.77. The van der Waals surface area contributed by atoms with Crippen molar-refractivity contribution in [2.24, 2.45) is 5.73 Å². The molecule has 0 spiro atoms. The molecule has 0 saturated heterocycles. The fourth-order valence-corrected chi connectivity index (χ4v) is 2.95. The average Bonchev–Trinajstić information content (AvgIpc) is 3.09. The molecule has 1 heterocycles. The number of ether oxygens (including phenoxy) is 1. The van der Waals surface area contributed by atoms with E-state index in [1.54, 1.807) is 0 Å². The molecule has 0 radical (unpaired) electrons. The van der Waals surface area contributed by atoms with Crippen molar-refractivity contribution in [1.82, 2.24) is 10.2 Å². The van der Waals surface area contributed by atoms with Gasteiger partial charge in [-0.25, -0.2) is 0 Å². The van der Waals surface area contributed by atoms with E-state index in [9.17, 15) is 0 Å². The number of hydrogen-bond acceptors (Lipinski definition) is 3. The summed E-state index contributed by atoms with van der Waals surface area (Å²) in [6.45, 7) is 2.97. The van der Waals surface area contributed by atoms with Crippen molar-refractivity contribution in [2.45, 2.75) is 12.8 Å². The third-order valence-corrected chi connectivity index (χ3v) is 4.16. The van der Waals surface area contributed by atoms with Crippen LogP contribution < -0.4 is 10.5 Å². The zero-order valence-corrected chi connectivity index (χ0v) is 14.3. The van der Waals surface area contributed by atoms with Crippen LogP contribution in [0.1, 0.15) is 24.1 Å². The van der Waals surface area contributed by atoms with Gasteiger partial charge in [-0.05, 0) is 31.2 Å². The van der Waals surface area contributed by atoms with Crippen LogP contribution in [0.15, 0.2) is 54.6 Å². The number of aromatic amines is 1. The lowest BCUT2D eigenvalue weighted by atomic mass is 9.94. The Kier molecular flexibility index (Phi) is 5.18. The van der Waals surface area contributed by atoms with Gasteiger partial charge < -0.3 is 10.5 Å². The number of hydrogen-bond donors (Lipinski definition) is 2. The van der Waals surface area contributed by atoms with Crippen molar-refractivity contribution < 1.29 is 4.74 Å². The normalized spacial score (nSPS) is 12.1. The van der Waals surface area contributed by atoms with Crippen molar-refractivity contribution in [2.75, 3.05) is 13.2 Å². The van der Waals surface area contributed by atoms with Crippen LogP contribution in [0.3, 0.4) is 0 Å². The van der Waals surface area contributed by atoms with Gasteiger partial charge in [0.05, 0.1) is 12.3 Å². The van der Waals surface area contributed by atoms with E-state index < -0.39 is 0 Å². The summed E-state index contributed by atoms with van der Waals surface area (Å²) in [5.74, 6) is 0.739. The van der Waals surface area contributed by atoms with Gasteiger partial charge in [-0.3, -0.25) is 5.10 Å². The van der Waals surface area contributed by atoms with E-state index >= 15 is 0 Å². The number of halogens is 1. The zero-order valence-electron chi connectivity index (χ0n) is 13.5. The molecule has 0 bridgehead atoms. The Bertz CT molecular complexity index is 801. The molecule has 0 aliphatic heterocycles. The summed E-state index contributed by atoms with van der Waals surface area (Å²) >= 11 is 6.18. The van der Waals surface area contributed by atoms with Crippen LogP contribution in [-0.4, -0.2) is 23.3 Å². The molecule has 0 aliphatic rings. The summed E-state index contributed by atoms with van der Waals surface area (Å²) < 4.78 is 5.74. The molecule has 24 heavy (non-hydrogen) atoms. The Morgan fingerprint density at radius 3 is 2.67 bits per heavy atom. The first kappa shape index (κ1) is 16.6. The molecule has 0 amide bonds. The van der Waals surface area contributed by atoms with Crippen LogP contribution in [-0.2, 0) is 0 Å². The summed E-state index contributed by atoms with van der Waals surface area (Å²) in [4.78, 5) is 0. The van der Waals surface area contributed by atoms with Gasteiger partial charge in [-0.15, -0.1) is 0 Å². The number of nitrogens with one attached hydrogen (secondary N) is 1. The van der Waals surface area contributed by atoms with Crippen molar-refractivity contribution >= 4 is 11.6 Å². The van der Waals surface area contributed by atoms with Crippen molar-refractivity contribution in [3.05, 3.63) is 70.9 Å². The van der Waals surface area contributed by atoms with Gasteiger partial charge in [0.25, 0.3) is 0 Å². The molecule has 5 heteroatoms. The van der Waals surface area contributed by atoms with E-state index in [0.29, 0.717) is 18.2 Å². The summed E-state index contributed by atoms with van der Waals surface area (Å²) in [5, 5.41) is 8.20. The number of benzene rings is 2. The smallest absolute Gasteiger partial charge is 0.123 e. The zero-order chi connectivity index (χ0) is 16.9. The number of aromatic nitrogens is 2. The molecule has 0 saturated carbocycles.